The second-order valence-electron chi connectivity index (χ2n) is 7.43. The van der Waals surface area contributed by atoms with Gasteiger partial charge in [0.05, 0.1) is 21.1 Å². The van der Waals surface area contributed by atoms with Crippen molar-refractivity contribution in [3.8, 4) is 0 Å². The highest BCUT2D eigenvalue weighted by atomic mass is 32.2. The number of nitro benzene ring substituents is 1. The molecule has 2 aromatic rings. The molecule has 1 heterocycles. The first-order valence-corrected chi connectivity index (χ1v) is 12.7. The summed E-state index contributed by atoms with van der Waals surface area (Å²) in [4.78, 5) is 26.1. The number of thioether (sulfide) groups is 1. The summed E-state index contributed by atoms with van der Waals surface area (Å²) in [7, 11) is -4.05. The van der Waals surface area contributed by atoms with Gasteiger partial charge in [0.1, 0.15) is 0 Å². The molecule has 1 aliphatic heterocycles. The predicted molar refractivity (Wildman–Crippen MR) is 121 cm³/mol. The van der Waals surface area contributed by atoms with Crippen molar-refractivity contribution >= 4 is 39.1 Å². The largest absolute Gasteiger partial charge is 0.339 e. The van der Waals surface area contributed by atoms with Crippen molar-refractivity contribution in [2.24, 2.45) is 0 Å². The van der Waals surface area contributed by atoms with Crippen LogP contribution in [0, 0.1) is 17.0 Å². The van der Waals surface area contributed by atoms with Gasteiger partial charge in [0.25, 0.3) is 21.6 Å². The number of carbonyl (C=O) groups is 1. The van der Waals surface area contributed by atoms with Crippen LogP contribution in [0.2, 0.25) is 0 Å². The highest BCUT2D eigenvalue weighted by Gasteiger charge is 2.24. The van der Waals surface area contributed by atoms with Crippen molar-refractivity contribution in [2.45, 2.75) is 42.4 Å². The Morgan fingerprint density at radius 3 is 2.39 bits per heavy atom. The summed E-state index contributed by atoms with van der Waals surface area (Å²) >= 11 is 1.39. The van der Waals surface area contributed by atoms with Gasteiger partial charge in [-0.2, -0.15) is 0 Å². The fourth-order valence-corrected chi connectivity index (χ4v) is 5.22. The van der Waals surface area contributed by atoms with Gasteiger partial charge >= 0.3 is 0 Å². The highest BCUT2D eigenvalue weighted by Crippen LogP contribution is 2.29. The zero-order valence-corrected chi connectivity index (χ0v) is 19.1. The summed E-state index contributed by atoms with van der Waals surface area (Å²) < 4.78 is 28.5. The monoisotopic (exact) mass is 463 g/mol. The minimum Gasteiger partial charge on any atom is -0.339 e. The molecule has 31 heavy (non-hydrogen) atoms. The van der Waals surface area contributed by atoms with Gasteiger partial charge in [-0.1, -0.05) is 18.9 Å². The molecule has 1 saturated heterocycles. The summed E-state index contributed by atoms with van der Waals surface area (Å²) in [5.74, 6) is -0.171. The molecule has 0 saturated carbocycles. The Labute approximate surface area is 186 Å². The Balaban J connectivity index is 1.95. The van der Waals surface area contributed by atoms with Gasteiger partial charge in [0.2, 0.25) is 0 Å². The smallest absolute Gasteiger partial charge is 0.271 e. The minimum absolute atomic E-state index is 0.0608. The zero-order chi connectivity index (χ0) is 22.6. The van der Waals surface area contributed by atoms with Gasteiger partial charge in [0, 0.05) is 30.1 Å². The van der Waals surface area contributed by atoms with Crippen LogP contribution in [0.5, 0.6) is 0 Å². The molecule has 3 rings (SSSR count). The van der Waals surface area contributed by atoms with Crippen LogP contribution in [0.4, 0.5) is 11.4 Å². The Morgan fingerprint density at radius 2 is 1.77 bits per heavy atom. The Bertz CT molecular complexity index is 1090. The van der Waals surface area contributed by atoms with Crippen molar-refractivity contribution in [3.63, 3.8) is 0 Å². The average Bonchev–Trinajstić information content (AvgIpc) is 3.03. The van der Waals surface area contributed by atoms with Crippen LogP contribution in [0.25, 0.3) is 0 Å². The number of non-ortho nitro benzene ring substituents is 1. The van der Waals surface area contributed by atoms with Crippen LogP contribution in [-0.2, 0) is 10.0 Å². The molecule has 0 bridgehead atoms. The van der Waals surface area contributed by atoms with E-state index in [1.54, 1.807) is 17.9 Å². The molecule has 166 valence electrons. The molecule has 0 unspecified atom stereocenters. The standard InChI is InChI=1S/C21H25N3O5S2/c1-15-7-8-16(24(26)27)13-19(15)22-31(28,29)17-9-10-20(30-2)18(14-17)21(25)23-11-5-3-4-6-12-23/h7-10,13-14,22H,3-6,11-12H2,1-2H3. The first-order chi connectivity index (χ1) is 14.7. The topological polar surface area (TPSA) is 110 Å². The van der Waals surface area contributed by atoms with Crippen LogP contribution in [0.15, 0.2) is 46.2 Å². The van der Waals surface area contributed by atoms with Gasteiger partial charge in [-0.3, -0.25) is 19.6 Å². The van der Waals surface area contributed by atoms with E-state index in [1.165, 1.54) is 42.1 Å². The number of rotatable bonds is 6. The van der Waals surface area contributed by atoms with E-state index < -0.39 is 14.9 Å². The minimum atomic E-state index is -4.05. The number of nitro groups is 1. The highest BCUT2D eigenvalue weighted by molar-refractivity contribution is 7.98. The molecule has 0 spiro atoms. The lowest BCUT2D eigenvalue weighted by atomic mass is 10.2. The first kappa shape index (κ1) is 23.1. The molecule has 0 aromatic heterocycles. The third-order valence-corrected chi connectivity index (χ3v) is 7.44. The van der Waals surface area contributed by atoms with Gasteiger partial charge in [-0.05, 0) is 49.8 Å². The molecule has 0 aliphatic carbocycles. The van der Waals surface area contributed by atoms with E-state index >= 15 is 0 Å². The molecule has 1 fully saturated rings. The van der Waals surface area contributed by atoms with E-state index in [0.717, 1.165) is 25.7 Å². The number of aryl methyl sites for hydroxylation is 1. The summed E-state index contributed by atoms with van der Waals surface area (Å²) in [6.45, 7) is 2.98. The number of amides is 1. The number of nitrogens with zero attached hydrogens (tertiary/aromatic N) is 2. The molecule has 0 radical (unpaired) electrons. The number of anilines is 1. The molecular formula is C21H25N3O5S2. The summed E-state index contributed by atoms with van der Waals surface area (Å²) in [5, 5.41) is 11.0. The fraction of sp³-hybridized carbons (Fsp3) is 0.381. The quantitative estimate of drug-likeness (QED) is 0.385. The van der Waals surface area contributed by atoms with E-state index in [-0.39, 0.29) is 22.2 Å². The Kier molecular flexibility index (Phi) is 7.22. The van der Waals surface area contributed by atoms with Gasteiger partial charge < -0.3 is 4.90 Å². The number of likely N-dealkylation sites (tertiary alicyclic amines) is 1. The molecule has 1 amide bonds. The Hall–Kier alpha value is -2.59. The van der Waals surface area contributed by atoms with Crippen LogP contribution < -0.4 is 4.72 Å². The molecule has 8 nitrogen and oxygen atoms in total. The third-order valence-electron chi connectivity index (χ3n) is 5.28. The van der Waals surface area contributed by atoms with Crippen molar-refractivity contribution in [1.29, 1.82) is 0 Å². The first-order valence-electron chi connectivity index (χ1n) is 9.98. The third kappa shape index (κ3) is 5.37. The van der Waals surface area contributed by atoms with E-state index in [9.17, 15) is 23.3 Å². The number of hydrogen-bond donors (Lipinski definition) is 1. The number of nitrogens with one attached hydrogen (secondary N) is 1. The Morgan fingerprint density at radius 1 is 1.10 bits per heavy atom. The fourth-order valence-electron chi connectivity index (χ4n) is 3.50. The van der Waals surface area contributed by atoms with Crippen molar-refractivity contribution < 1.29 is 18.1 Å². The van der Waals surface area contributed by atoms with Crippen molar-refractivity contribution in [1.82, 2.24) is 4.90 Å². The maximum atomic E-state index is 13.2. The van der Waals surface area contributed by atoms with Crippen LogP contribution >= 0.6 is 11.8 Å². The molecule has 0 atom stereocenters. The van der Waals surface area contributed by atoms with Crippen LogP contribution in [0.1, 0.15) is 41.6 Å². The normalized spacial score (nSPS) is 14.7. The number of carbonyl (C=O) groups excluding carboxylic acids is 1. The molecule has 1 aliphatic rings. The van der Waals surface area contributed by atoms with Crippen molar-refractivity contribution in [2.75, 3.05) is 24.1 Å². The SMILES string of the molecule is CSc1ccc(S(=O)(=O)Nc2cc([N+](=O)[O-])ccc2C)cc1C(=O)N1CCCCCC1. The molecular weight excluding hydrogens is 438 g/mol. The summed E-state index contributed by atoms with van der Waals surface area (Å²) in [6.07, 6.45) is 5.88. The van der Waals surface area contributed by atoms with Crippen molar-refractivity contribution in [3.05, 3.63) is 57.6 Å². The zero-order valence-electron chi connectivity index (χ0n) is 17.5. The van der Waals surface area contributed by atoms with Crippen LogP contribution in [0.3, 0.4) is 0 Å². The average molecular weight is 464 g/mol. The molecule has 2 aromatic carbocycles. The van der Waals surface area contributed by atoms with Gasteiger partial charge in [-0.15, -0.1) is 11.8 Å². The molecule has 10 heteroatoms. The van der Waals surface area contributed by atoms with E-state index in [2.05, 4.69) is 4.72 Å². The number of benzene rings is 2. The van der Waals surface area contributed by atoms with E-state index in [4.69, 9.17) is 0 Å². The van der Waals surface area contributed by atoms with E-state index in [1.807, 2.05) is 6.26 Å². The van der Waals surface area contributed by atoms with Gasteiger partial charge in [-0.25, -0.2) is 8.42 Å². The summed E-state index contributed by atoms with van der Waals surface area (Å²) in [6, 6.07) is 8.46. The second kappa shape index (κ2) is 9.69. The van der Waals surface area contributed by atoms with Crippen LogP contribution in [-0.4, -0.2) is 43.5 Å². The summed E-state index contributed by atoms with van der Waals surface area (Å²) in [5.41, 5.74) is 0.824. The maximum Gasteiger partial charge on any atom is 0.271 e. The maximum absolute atomic E-state index is 13.2. The second-order valence-corrected chi connectivity index (χ2v) is 9.96. The lowest BCUT2D eigenvalue weighted by Crippen LogP contribution is -2.32. The lowest BCUT2D eigenvalue weighted by molar-refractivity contribution is -0.384. The van der Waals surface area contributed by atoms with E-state index in [0.29, 0.717) is 29.1 Å². The number of hydrogen-bond acceptors (Lipinski definition) is 6. The molecule has 1 N–H and O–H groups in total. The predicted octanol–water partition coefficient (Wildman–Crippen LogP) is 4.44. The van der Waals surface area contributed by atoms with Gasteiger partial charge in [0.15, 0.2) is 0 Å². The lowest BCUT2D eigenvalue weighted by Gasteiger charge is -2.22. The number of sulfonamides is 1.